The molecule has 4 N–H and O–H groups in total. The fourth-order valence-corrected chi connectivity index (χ4v) is 3.37. The number of aromatic amines is 1. The van der Waals surface area contributed by atoms with E-state index in [1.165, 1.54) is 23.3 Å². The molecule has 1 aromatic heterocycles. The van der Waals surface area contributed by atoms with Crippen molar-refractivity contribution in [3.05, 3.63) is 75.6 Å². The number of aliphatic hydroxyl groups excluding tert-OH is 1. The summed E-state index contributed by atoms with van der Waals surface area (Å²) >= 11 is 0. The summed E-state index contributed by atoms with van der Waals surface area (Å²) in [5.74, 6) is -0.00390. The Balaban J connectivity index is 1.68. The second kappa shape index (κ2) is 8.37. The van der Waals surface area contributed by atoms with Crippen LogP contribution < -0.4 is 10.9 Å². The van der Waals surface area contributed by atoms with Gasteiger partial charge in [-0.3, -0.25) is 4.79 Å². The van der Waals surface area contributed by atoms with Gasteiger partial charge in [0.15, 0.2) is 0 Å². The molecular formula is C22H26N2O3. The minimum Gasteiger partial charge on any atom is -0.506 e. The van der Waals surface area contributed by atoms with Crippen molar-refractivity contribution in [1.82, 2.24) is 10.3 Å². The van der Waals surface area contributed by atoms with E-state index in [-0.39, 0.29) is 17.4 Å². The van der Waals surface area contributed by atoms with Gasteiger partial charge in [-0.2, -0.15) is 0 Å². The van der Waals surface area contributed by atoms with E-state index in [0.717, 1.165) is 12.8 Å². The van der Waals surface area contributed by atoms with Gasteiger partial charge in [0, 0.05) is 24.0 Å². The van der Waals surface area contributed by atoms with E-state index in [1.54, 1.807) is 12.1 Å². The summed E-state index contributed by atoms with van der Waals surface area (Å²) in [7, 11) is 0. The lowest BCUT2D eigenvalue weighted by Gasteiger charge is -2.19. The SMILES string of the molecule is CCc1cccc(CC(C)NCC(O)c2ccc(O)c3[nH]c(=O)ccc23)c1. The van der Waals surface area contributed by atoms with Gasteiger partial charge in [-0.15, -0.1) is 0 Å². The van der Waals surface area contributed by atoms with Crippen molar-refractivity contribution in [1.29, 1.82) is 0 Å². The predicted molar refractivity (Wildman–Crippen MR) is 108 cm³/mol. The molecule has 27 heavy (non-hydrogen) atoms. The summed E-state index contributed by atoms with van der Waals surface area (Å²) in [4.78, 5) is 14.1. The monoisotopic (exact) mass is 366 g/mol. The van der Waals surface area contributed by atoms with E-state index in [4.69, 9.17) is 0 Å². The molecule has 3 aromatic rings. The number of rotatable bonds is 7. The highest BCUT2D eigenvalue weighted by Gasteiger charge is 2.15. The number of aryl methyl sites for hydroxylation is 1. The predicted octanol–water partition coefficient (Wildman–Crippen LogP) is 3.05. The number of aromatic hydroxyl groups is 1. The summed E-state index contributed by atoms with van der Waals surface area (Å²) in [5.41, 5.74) is 3.33. The van der Waals surface area contributed by atoms with E-state index in [9.17, 15) is 15.0 Å². The first kappa shape index (κ1) is 19.1. The lowest BCUT2D eigenvalue weighted by molar-refractivity contribution is 0.172. The molecule has 0 amide bonds. The second-order valence-corrected chi connectivity index (χ2v) is 6.99. The summed E-state index contributed by atoms with van der Waals surface area (Å²) in [6.07, 6.45) is 1.15. The third-order valence-corrected chi connectivity index (χ3v) is 4.87. The molecule has 1 heterocycles. The molecule has 5 nitrogen and oxygen atoms in total. The molecule has 0 aliphatic heterocycles. The number of phenols is 1. The summed E-state index contributed by atoms with van der Waals surface area (Å²) < 4.78 is 0. The Labute approximate surface area is 158 Å². The van der Waals surface area contributed by atoms with Gasteiger partial charge >= 0.3 is 0 Å². The zero-order valence-corrected chi connectivity index (χ0v) is 15.7. The Morgan fingerprint density at radius 3 is 2.67 bits per heavy atom. The number of H-pyrrole nitrogens is 1. The third-order valence-electron chi connectivity index (χ3n) is 4.87. The molecular weight excluding hydrogens is 340 g/mol. The van der Waals surface area contributed by atoms with Crippen LogP contribution in [0.1, 0.15) is 36.6 Å². The second-order valence-electron chi connectivity index (χ2n) is 6.99. The molecule has 0 aliphatic rings. The number of pyridine rings is 1. The number of nitrogens with one attached hydrogen (secondary N) is 2. The van der Waals surface area contributed by atoms with E-state index < -0.39 is 6.10 Å². The van der Waals surface area contributed by atoms with Crippen LogP contribution in [0.5, 0.6) is 5.75 Å². The van der Waals surface area contributed by atoms with E-state index in [0.29, 0.717) is 23.0 Å². The number of phenolic OH excluding ortho intramolecular Hbond substituents is 1. The van der Waals surface area contributed by atoms with Gasteiger partial charge in [-0.05, 0) is 48.6 Å². The Morgan fingerprint density at radius 1 is 1.11 bits per heavy atom. The number of aliphatic hydroxyl groups is 1. The average Bonchev–Trinajstić information content (AvgIpc) is 2.67. The largest absolute Gasteiger partial charge is 0.506 e. The molecule has 0 saturated heterocycles. The summed E-state index contributed by atoms with van der Waals surface area (Å²) in [6, 6.07) is 15.0. The van der Waals surface area contributed by atoms with Gasteiger partial charge in [0.25, 0.3) is 0 Å². The Bertz CT molecular complexity index is 981. The van der Waals surface area contributed by atoms with Crippen molar-refractivity contribution in [2.75, 3.05) is 6.54 Å². The van der Waals surface area contributed by atoms with Gasteiger partial charge in [0.2, 0.25) is 5.56 Å². The number of hydrogen-bond donors (Lipinski definition) is 4. The lowest BCUT2D eigenvalue weighted by atomic mass is 10.0. The van der Waals surface area contributed by atoms with Crippen molar-refractivity contribution in [2.45, 2.75) is 38.8 Å². The van der Waals surface area contributed by atoms with Crippen molar-refractivity contribution in [3.8, 4) is 5.75 Å². The number of fused-ring (bicyclic) bond motifs is 1. The van der Waals surface area contributed by atoms with Gasteiger partial charge in [0.1, 0.15) is 5.75 Å². The Kier molecular flexibility index (Phi) is 5.94. The van der Waals surface area contributed by atoms with Crippen LogP contribution in [0.3, 0.4) is 0 Å². The van der Waals surface area contributed by atoms with Crippen molar-refractivity contribution in [2.24, 2.45) is 0 Å². The average molecular weight is 366 g/mol. The van der Waals surface area contributed by atoms with E-state index in [1.807, 2.05) is 0 Å². The van der Waals surface area contributed by atoms with Crippen LogP contribution in [0.25, 0.3) is 10.9 Å². The molecule has 2 unspecified atom stereocenters. The molecule has 0 fully saturated rings. The zero-order chi connectivity index (χ0) is 19.4. The minimum atomic E-state index is -0.747. The lowest BCUT2D eigenvalue weighted by Crippen LogP contribution is -2.32. The molecule has 0 radical (unpaired) electrons. The highest BCUT2D eigenvalue weighted by Crippen LogP contribution is 2.28. The number of aromatic nitrogens is 1. The molecule has 0 bridgehead atoms. The quantitative estimate of drug-likeness (QED) is 0.518. The Hall–Kier alpha value is -2.63. The number of hydrogen-bond acceptors (Lipinski definition) is 4. The van der Waals surface area contributed by atoms with Crippen LogP contribution in [0.2, 0.25) is 0 Å². The van der Waals surface area contributed by atoms with E-state index >= 15 is 0 Å². The molecule has 5 heteroatoms. The topological polar surface area (TPSA) is 85.3 Å². The fraction of sp³-hybridized carbons (Fsp3) is 0.318. The van der Waals surface area contributed by atoms with Crippen LogP contribution in [-0.2, 0) is 12.8 Å². The smallest absolute Gasteiger partial charge is 0.248 e. The first-order valence-corrected chi connectivity index (χ1v) is 9.32. The molecule has 0 saturated carbocycles. The van der Waals surface area contributed by atoms with Gasteiger partial charge in [0.05, 0.1) is 11.6 Å². The summed E-state index contributed by atoms with van der Waals surface area (Å²) in [5, 5.41) is 24.6. The minimum absolute atomic E-state index is 0.00390. The van der Waals surface area contributed by atoms with Gasteiger partial charge < -0.3 is 20.5 Å². The maximum absolute atomic E-state index is 11.5. The first-order chi connectivity index (χ1) is 13.0. The number of benzene rings is 2. The molecule has 3 rings (SSSR count). The molecule has 142 valence electrons. The van der Waals surface area contributed by atoms with Crippen molar-refractivity contribution >= 4 is 10.9 Å². The van der Waals surface area contributed by atoms with Crippen molar-refractivity contribution < 1.29 is 10.2 Å². The normalized spacial score (nSPS) is 13.6. The van der Waals surface area contributed by atoms with Crippen LogP contribution in [-0.4, -0.2) is 27.8 Å². The van der Waals surface area contributed by atoms with Gasteiger partial charge in [-0.25, -0.2) is 0 Å². The van der Waals surface area contributed by atoms with Crippen LogP contribution in [0.4, 0.5) is 0 Å². The highest BCUT2D eigenvalue weighted by molar-refractivity contribution is 5.87. The standard InChI is InChI=1S/C22H26N2O3/c1-3-15-5-4-6-16(12-15)11-14(2)23-13-20(26)17-7-9-19(25)22-18(17)8-10-21(27)24-22/h4-10,12,14,20,23,25-26H,3,11,13H2,1-2H3,(H,24,27). The summed E-state index contributed by atoms with van der Waals surface area (Å²) in [6.45, 7) is 4.62. The van der Waals surface area contributed by atoms with Crippen LogP contribution in [0.15, 0.2) is 53.3 Å². The molecule has 2 aromatic carbocycles. The highest BCUT2D eigenvalue weighted by atomic mass is 16.3. The van der Waals surface area contributed by atoms with E-state index in [2.05, 4.69) is 48.4 Å². The Morgan fingerprint density at radius 2 is 1.89 bits per heavy atom. The fourth-order valence-electron chi connectivity index (χ4n) is 3.37. The maximum atomic E-state index is 11.5. The van der Waals surface area contributed by atoms with Crippen LogP contribution >= 0.6 is 0 Å². The van der Waals surface area contributed by atoms with Crippen LogP contribution in [0, 0.1) is 0 Å². The van der Waals surface area contributed by atoms with Gasteiger partial charge in [-0.1, -0.05) is 37.3 Å². The first-order valence-electron chi connectivity index (χ1n) is 9.32. The third kappa shape index (κ3) is 4.56. The zero-order valence-electron chi connectivity index (χ0n) is 15.7. The van der Waals surface area contributed by atoms with Crippen molar-refractivity contribution in [3.63, 3.8) is 0 Å². The maximum Gasteiger partial charge on any atom is 0.248 e. The molecule has 0 spiro atoms. The molecule has 0 aliphatic carbocycles. The molecule has 2 atom stereocenters.